The molecule has 19 heavy (non-hydrogen) atoms. The lowest BCUT2D eigenvalue weighted by Crippen LogP contribution is -2.73. The van der Waals surface area contributed by atoms with Crippen LogP contribution in [0.5, 0.6) is 0 Å². The zero-order valence-electron chi connectivity index (χ0n) is 12.1. The van der Waals surface area contributed by atoms with E-state index >= 15 is 0 Å². The molecule has 0 spiro atoms. The summed E-state index contributed by atoms with van der Waals surface area (Å²) >= 11 is 0. The van der Waals surface area contributed by atoms with E-state index in [4.69, 9.17) is 32.5 Å². The van der Waals surface area contributed by atoms with Gasteiger partial charge in [-0.15, -0.1) is 0 Å². The van der Waals surface area contributed by atoms with Crippen LogP contribution in [-0.4, -0.2) is 74.1 Å². The van der Waals surface area contributed by atoms with Crippen LogP contribution in [0.4, 0.5) is 0 Å². The summed E-state index contributed by atoms with van der Waals surface area (Å²) < 4.78 is 37.2. The van der Waals surface area contributed by atoms with Crippen LogP contribution in [0.3, 0.4) is 0 Å². The van der Waals surface area contributed by atoms with Gasteiger partial charge < -0.3 is 32.5 Å². The molecule has 0 saturated heterocycles. The van der Waals surface area contributed by atoms with Gasteiger partial charge in [-0.3, -0.25) is 0 Å². The fraction of sp³-hybridized carbons (Fsp3) is 1.00. The first-order chi connectivity index (χ1) is 8.99. The van der Waals surface area contributed by atoms with Crippen LogP contribution in [0, 0.1) is 0 Å². The second-order valence-electron chi connectivity index (χ2n) is 3.50. The summed E-state index contributed by atoms with van der Waals surface area (Å²) in [5, 5.41) is 0. The minimum atomic E-state index is -1.84. The van der Waals surface area contributed by atoms with Gasteiger partial charge in [0.05, 0.1) is 0 Å². The van der Waals surface area contributed by atoms with E-state index in [9.17, 15) is 0 Å². The molecule has 0 fully saturated rings. The van der Waals surface area contributed by atoms with E-state index < -0.39 is 17.5 Å². The standard InChI is InChI=1S/C10H20O7Si2/c1-7-8(11-2,12-3)9(13-4,14-5)10(15-6,16-18)17-19/h7H2,1-6H3. The van der Waals surface area contributed by atoms with Crippen molar-refractivity contribution in [3.63, 3.8) is 0 Å². The highest BCUT2D eigenvalue weighted by atomic mass is 28.2. The number of methoxy groups -OCH3 is 5. The molecule has 9 heteroatoms. The number of ether oxygens (including phenoxy) is 5. The average Bonchev–Trinajstić information content (AvgIpc) is 2.49. The molecule has 0 heterocycles. The molecule has 0 rings (SSSR count). The Hall–Kier alpha value is 0.154. The van der Waals surface area contributed by atoms with E-state index in [1.54, 1.807) is 0 Å². The Balaban J connectivity index is 6.08. The van der Waals surface area contributed by atoms with Gasteiger partial charge in [-0.2, -0.15) is 0 Å². The van der Waals surface area contributed by atoms with Gasteiger partial charge in [-0.1, -0.05) is 6.92 Å². The van der Waals surface area contributed by atoms with Crippen molar-refractivity contribution in [2.24, 2.45) is 0 Å². The fourth-order valence-electron chi connectivity index (χ4n) is 2.12. The summed E-state index contributed by atoms with van der Waals surface area (Å²) in [5.41, 5.74) is 0. The first-order valence-electron chi connectivity index (χ1n) is 5.44. The maximum atomic E-state index is 5.45. The number of hydrogen-bond donors (Lipinski definition) is 0. The Morgan fingerprint density at radius 3 is 1.32 bits per heavy atom. The molecule has 0 bridgehead atoms. The average molecular weight is 308 g/mol. The van der Waals surface area contributed by atoms with Crippen molar-refractivity contribution in [2.75, 3.05) is 35.5 Å². The lowest BCUT2D eigenvalue weighted by Gasteiger charge is -2.52. The highest BCUT2D eigenvalue weighted by Gasteiger charge is 2.69. The first-order valence-corrected chi connectivity index (χ1v) is 6.26. The second kappa shape index (κ2) is 7.81. The van der Waals surface area contributed by atoms with E-state index in [0.29, 0.717) is 6.42 Å². The predicted molar refractivity (Wildman–Crippen MR) is 67.2 cm³/mol. The molecule has 0 aliphatic heterocycles. The molecule has 7 nitrogen and oxygen atoms in total. The maximum absolute atomic E-state index is 5.45. The van der Waals surface area contributed by atoms with Gasteiger partial charge in [-0.05, 0) is 0 Å². The normalized spacial score (nSPS) is 13.9. The molecule has 0 aromatic rings. The quantitative estimate of drug-likeness (QED) is 0.411. The monoisotopic (exact) mass is 308 g/mol. The van der Waals surface area contributed by atoms with Crippen LogP contribution >= 0.6 is 0 Å². The predicted octanol–water partition coefficient (Wildman–Crippen LogP) is -0.125. The van der Waals surface area contributed by atoms with E-state index in [1.165, 1.54) is 35.5 Å². The highest BCUT2D eigenvalue weighted by Crippen LogP contribution is 2.44. The van der Waals surface area contributed by atoms with E-state index in [-0.39, 0.29) is 0 Å². The van der Waals surface area contributed by atoms with E-state index in [0.717, 1.165) is 0 Å². The van der Waals surface area contributed by atoms with Crippen molar-refractivity contribution in [1.82, 2.24) is 0 Å². The van der Waals surface area contributed by atoms with Crippen molar-refractivity contribution in [3.05, 3.63) is 0 Å². The molecule has 0 N–H and O–H groups in total. The fourth-order valence-corrected chi connectivity index (χ4v) is 2.73. The molecule has 0 aliphatic carbocycles. The number of hydrogen-bond acceptors (Lipinski definition) is 7. The van der Waals surface area contributed by atoms with Gasteiger partial charge in [0.2, 0.25) is 5.79 Å². The molecule has 0 atom stereocenters. The lowest BCUT2D eigenvalue weighted by molar-refractivity contribution is -0.509. The largest absolute Gasteiger partial charge is 0.367 e. The van der Waals surface area contributed by atoms with E-state index in [2.05, 4.69) is 21.0 Å². The molecule has 6 radical (unpaired) electrons. The topological polar surface area (TPSA) is 64.6 Å². The molecule has 0 amide bonds. The minimum Gasteiger partial charge on any atom is -0.367 e. The smallest absolute Gasteiger partial charge is 0.326 e. The molecule has 0 aromatic carbocycles. The molecular formula is C10H20O7Si2. The third-order valence-electron chi connectivity index (χ3n) is 3.14. The van der Waals surface area contributed by atoms with E-state index in [1.807, 2.05) is 6.92 Å². The van der Waals surface area contributed by atoms with Crippen LogP contribution in [0.1, 0.15) is 13.3 Å². The van der Waals surface area contributed by atoms with Gasteiger partial charge in [-0.25, -0.2) is 0 Å². The Kier molecular flexibility index (Phi) is 7.87. The SMILES string of the molecule is CCC(OC)(OC)C(OC)(OC)C(OC)(O[Si])O[Si]. The van der Waals surface area contributed by atoms with Crippen molar-refractivity contribution >= 4 is 21.0 Å². The molecule has 0 unspecified atom stereocenters. The highest BCUT2D eigenvalue weighted by molar-refractivity contribution is 6.00. The van der Waals surface area contributed by atoms with Crippen molar-refractivity contribution in [2.45, 2.75) is 30.9 Å². The second-order valence-corrected chi connectivity index (χ2v) is 3.91. The Bertz CT molecular complexity index is 214. The zero-order chi connectivity index (χ0) is 15.2. The van der Waals surface area contributed by atoms with Crippen molar-refractivity contribution in [1.29, 1.82) is 0 Å². The molecular weight excluding hydrogens is 288 g/mol. The third-order valence-corrected chi connectivity index (χ3v) is 3.68. The van der Waals surface area contributed by atoms with Crippen LogP contribution in [-0.2, 0) is 32.5 Å². The van der Waals surface area contributed by atoms with Crippen LogP contribution in [0.15, 0.2) is 0 Å². The van der Waals surface area contributed by atoms with Crippen LogP contribution in [0.25, 0.3) is 0 Å². The summed E-state index contributed by atoms with van der Waals surface area (Å²) in [6.45, 7) is 1.82. The third kappa shape index (κ3) is 2.67. The van der Waals surface area contributed by atoms with Gasteiger partial charge in [0.1, 0.15) is 0 Å². The summed E-state index contributed by atoms with van der Waals surface area (Å²) in [6, 6.07) is 0. The summed E-state index contributed by atoms with van der Waals surface area (Å²) in [6.07, 6.45) is 0.359. The minimum absolute atomic E-state index is 0.359. The summed E-state index contributed by atoms with van der Waals surface area (Å²) in [5.74, 6) is -4.89. The first kappa shape index (κ1) is 19.2. The van der Waals surface area contributed by atoms with Gasteiger partial charge in [0, 0.05) is 42.0 Å². The molecule has 0 aromatic heterocycles. The Morgan fingerprint density at radius 2 is 1.16 bits per heavy atom. The molecule has 110 valence electrons. The molecule has 0 aliphatic rings. The zero-order valence-corrected chi connectivity index (χ0v) is 14.1. The van der Waals surface area contributed by atoms with Crippen LogP contribution in [0.2, 0.25) is 0 Å². The number of rotatable bonds is 10. The summed E-state index contributed by atoms with van der Waals surface area (Å²) in [7, 11) is 12.8. The molecule has 0 saturated carbocycles. The van der Waals surface area contributed by atoms with Crippen molar-refractivity contribution in [3.8, 4) is 0 Å². The summed E-state index contributed by atoms with van der Waals surface area (Å²) in [4.78, 5) is 0. The Labute approximate surface area is 120 Å². The maximum Gasteiger partial charge on any atom is 0.326 e. The Morgan fingerprint density at radius 1 is 0.737 bits per heavy atom. The van der Waals surface area contributed by atoms with Gasteiger partial charge >= 0.3 is 11.8 Å². The lowest BCUT2D eigenvalue weighted by atomic mass is 9.99. The van der Waals surface area contributed by atoms with Crippen LogP contribution < -0.4 is 0 Å². The van der Waals surface area contributed by atoms with Gasteiger partial charge in [0.15, 0.2) is 0 Å². The van der Waals surface area contributed by atoms with Crippen molar-refractivity contribution < 1.29 is 32.5 Å². The van der Waals surface area contributed by atoms with Gasteiger partial charge in [0.25, 0.3) is 21.0 Å².